The summed E-state index contributed by atoms with van der Waals surface area (Å²) in [7, 11) is -2.13. The average molecular weight is 328 g/mol. The molecule has 4 nitrogen and oxygen atoms in total. The normalized spacial score (nSPS) is 11.5. The van der Waals surface area contributed by atoms with Crippen molar-refractivity contribution >= 4 is 31.3 Å². The standard InChI is InChI=1S/C12H14BrN3OS/c1-18(2,17)15-12-7-14-16(9-12)8-10-3-5-11(13)6-4-10/h3-7,9H,8H2,1-2H3. The van der Waals surface area contributed by atoms with Gasteiger partial charge in [-0.3, -0.25) is 4.68 Å². The Morgan fingerprint density at radius 3 is 2.61 bits per heavy atom. The van der Waals surface area contributed by atoms with Gasteiger partial charge in [-0.2, -0.15) is 9.46 Å². The summed E-state index contributed by atoms with van der Waals surface area (Å²) < 4.78 is 18.5. The molecular formula is C12H14BrN3OS. The number of nitrogens with zero attached hydrogens (tertiary/aromatic N) is 3. The molecule has 0 aliphatic rings. The van der Waals surface area contributed by atoms with Crippen molar-refractivity contribution in [1.82, 2.24) is 9.78 Å². The Morgan fingerprint density at radius 2 is 2.00 bits per heavy atom. The minimum absolute atomic E-state index is 0.655. The summed E-state index contributed by atoms with van der Waals surface area (Å²) in [5, 5.41) is 4.20. The van der Waals surface area contributed by atoms with Gasteiger partial charge in [-0.05, 0) is 17.7 Å². The third-order valence-electron chi connectivity index (χ3n) is 2.20. The van der Waals surface area contributed by atoms with E-state index in [0.717, 1.165) is 10.0 Å². The van der Waals surface area contributed by atoms with E-state index in [9.17, 15) is 4.21 Å². The number of aromatic nitrogens is 2. The van der Waals surface area contributed by atoms with E-state index >= 15 is 0 Å². The molecule has 0 unspecified atom stereocenters. The van der Waals surface area contributed by atoms with Gasteiger partial charge in [-0.1, -0.05) is 28.1 Å². The van der Waals surface area contributed by atoms with Crippen LogP contribution in [0.25, 0.3) is 0 Å². The fourth-order valence-electron chi connectivity index (χ4n) is 1.52. The maximum absolute atomic E-state index is 11.6. The zero-order chi connectivity index (χ0) is 13.2. The predicted molar refractivity (Wildman–Crippen MR) is 77.5 cm³/mol. The van der Waals surface area contributed by atoms with Crippen LogP contribution in [-0.2, 0) is 16.3 Å². The first-order valence-electron chi connectivity index (χ1n) is 5.36. The highest BCUT2D eigenvalue weighted by Crippen LogP contribution is 2.15. The molecule has 0 N–H and O–H groups in total. The van der Waals surface area contributed by atoms with E-state index < -0.39 is 9.73 Å². The van der Waals surface area contributed by atoms with E-state index in [0.29, 0.717) is 12.2 Å². The molecule has 0 amide bonds. The zero-order valence-electron chi connectivity index (χ0n) is 10.2. The summed E-state index contributed by atoms with van der Waals surface area (Å²) in [6, 6.07) is 8.06. The van der Waals surface area contributed by atoms with Gasteiger partial charge in [0, 0.05) is 26.7 Å². The minimum atomic E-state index is -2.13. The molecule has 0 saturated heterocycles. The van der Waals surface area contributed by atoms with Crippen molar-refractivity contribution in [1.29, 1.82) is 0 Å². The highest BCUT2D eigenvalue weighted by Gasteiger charge is 2.00. The molecule has 0 fully saturated rings. The van der Waals surface area contributed by atoms with Crippen LogP contribution < -0.4 is 0 Å². The van der Waals surface area contributed by atoms with Gasteiger partial charge >= 0.3 is 0 Å². The van der Waals surface area contributed by atoms with Crippen molar-refractivity contribution in [2.45, 2.75) is 6.54 Å². The molecule has 0 aliphatic carbocycles. The van der Waals surface area contributed by atoms with Crippen molar-refractivity contribution in [2.75, 3.05) is 12.5 Å². The van der Waals surface area contributed by atoms with Crippen LogP contribution in [-0.4, -0.2) is 26.5 Å². The number of rotatable bonds is 3. The summed E-state index contributed by atoms with van der Waals surface area (Å²) in [6.45, 7) is 0.678. The Bertz CT molecular complexity index is 646. The first kappa shape index (κ1) is 13.3. The van der Waals surface area contributed by atoms with E-state index in [1.54, 1.807) is 29.6 Å². The van der Waals surface area contributed by atoms with Crippen LogP contribution in [0.2, 0.25) is 0 Å². The van der Waals surface area contributed by atoms with Crippen LogP contribution >= 0.6 is 15.9 Å². The molecule has 0 saturated carbocycles. The molecule has 2 rings (SSSR count). The summed E-state index contributed by atoms with van der Waals surface area (Å²) in [4.78, 5) is 0. The first-order valence-corrected chi connectivity index (χ1v) is 8.49. The molecule has 96 valence electrons. The van der Waals surface area contributed by atoms with Crippen LogP contribution in [0.3, 0.4) is 0 Å². The van der Waals surface area contributed by atoms with E-state index in [1.807, 2.05) is 24.3 Å². The average Bonchev–Trinajstić information content (AvgIpc) is 2.66. The summed E-state index contributed by atoms with van der Waals surface area (Å²) >= 11 is 3.40. The fraction of sp³-hybridized carbons (Fsp3) is 0.250. The lowest BCUT2D eigenvalue weighted by molar-refractivity contribution is 0.684. The zero-order valence-corrected chi connectivity index (χ0v) is 12.6. The molecule has 0 bridgehead atoms. The Morgan fingerprint density at radius 1 is 1.33 bits per heavy atom. The highest BCUT2D eigenvalue weighted by molar-refractivity contribution is 9.10. The molecule has 1 aromatic heterocycles. The Balaban J connectivity index is 2.17. The number of hydrogen-bond donors (Lipinski definition) is 0. The maximum Gasteiger partial charge on any atom is 0.111 e. The second-order valence-electron chi connectivity index (χ2n) is 4.30. The van der Waals surface area contributed by atoms with Crippen LogP contribution in [0.15, 0.2) is 45.5 Å². The first-order chi connectivity index (χ1) is 8.42. The molecule has 2 aromatic rings. The molecule has 1 aromatic carbocycles. The van der Waals surface area contributed by atoms with Crippen LogP contribution in [0.1, 0.15) is 5.56 Å². The predicted octanol–water partition coefficient (Wildman–Crippen LogP) is 3.05. The van der Waals surface area contributed by atoms with Gasteiger partial charge in [0.05, 0.1) is 18.9 Å². The molecule has 6 heteroatoms. The second kappa shape index (κ2) is 5.24. The largest absolute Gasteiger partial charge is 0.266 e. The molecular weight excluding hydrogens is 314 g/mol. The third-order valence-corrected chi connectivity index (χ3v) is 3.38. The molecule has 0 radical (unpaired) electrons. The molecule has 1 heterocycles. The van der Waals surface area contributed by atoms with Crippen molar-refractivity contribution in [3.63, 3.8) is 0 Å². The van der Waals surface area contributed by atoms with Gasteiger partial charge in [0.1, 0.15) is 5.69 Å². The van der Waals surface area contributed by atoms with Gasteiger partial charge < -0.3 is 0 Å². The topological polar surface area (TPSA) is 47.2 Å². The lowest BCUT2D eigenvalue weighted by Gasteiger charge is -2.01. The van der Waals surface area contributed by atoms with E-state index in [-0.39, 0.29) is 0 Å². The summed E-state index contributed by atoms with van der Waals surface area (Å²) in [5.41, 5.74) is 1.81. The molecule has 18 heavy (non-hydrogen) atoms. The van der Waals surface area contributed by atoms with Gasteiger partial charge in [0.15, 0.2) is 0 Å². The van der Waals surface area contributed by atoms with E-state index in [2.05, 4.69) is 25.4 Å². The SMILES string of the molecule is CS(C)(=O)=Nc1cnn(Cc2ccc(Br)cc2)c1. The number of hydrogen-bond acceptors (Lipinski definition) is 3. The summed E-state index contributed by atoms with van der Waals surface area (Å²) in [5.74, 6) is 0. The van der Waals surface area contributed by atoms with Crippen molar-refractivity contribution in [2.24, 2.45) is 4.36 Å². The van der Waals surface area contributed by atoms with Crippen LogP contribution in [0, 0.1) is 0 Å². The lowest BCUT2D eigenvalue weighted by Crippen LogP contribution is -1.99. The molecule has 0 atom stereocenters. The summed E-state index contributed by atoms with van der Waals surface area (Å²) in [6.07, 6.45) is 6.65. The van der Waals surface area contributed by atoms with Gasteiger partial charge in [-0.25, -0.2) is 4.21 Å². The number of benzene rings is 1. The van der Waals surface area contributed by atoms with E-state index in [4.69, 9.17) is 0 Å². The third kappa shape index (κ3) is 3.96. The Kier molecular flexibility index (Phi) is 3.87. The van der Waals surface area contributed by atoms with Crippen molar-refractivity contribution in [3.05, 3.63) is 46.7 Å². The molecule has 0 aliphatic heterocycles. The quantitative estimate of drug-likeness (QED) is 0.869. The molecule has 0 spiro atoms. The van der Waals surface area contributed by atoms with Crippen molar-refractivity contribution in [3.8, 4) is 0 Å². The Labute approximate surface area is 115 Å². The second-order valence-corrected chi connectivity index (χ2v) is 7.76. The van der Waals surface area contributed by atoms with Crippen LogP contribution in [0.4, 0.5) is 5.69 Å². The van der Waals surface area contributed by atoms with Crippen LogP contribution in [0.5, 0.6) is 0 Å². The minimum Gasteiger partial charge on any atom is -0.266 e. The lowest BCUT2D eigenvalue weighted by atomic mass is 10.2. The van der Waals surface area contributed by atoms with Gasteiger partial charge in [0.25, 0.3) is 0 Å². The highest BCUT2D eigenvalue weighted by atomic mass is 79.9. The number of halogens is 1. The monoisotopic (exact) mass is 327 g/mol. The van der Waals surface area contributed by atoms with Gasteiger partial charge in [-0.15, -0.1) is 0 Å². The fourth-order valence-corrected chi connectivity index (χ4v) is 2.38. The smallest absolute Gasteiger partial charge is 0.111 e. The van der Waals surface area contributed by atoms with Crippen molar-refractivity contribution < 1.29 is 4.21 Å². The van der Waals surface area contributed by atoms with Gasteiger partial charge in [0.2, 0.25) is 0 Å². The van der Waals surface area contributed by atoms with E-state index in [1.165, 1.54) is 0 Å². The maximum atomic E-state index is 11.6. The Hall–Kier alpha value is -1.14.